The van der Waals surface area contributed by atoms with Crippen LogP contribution in [0.25, 0.3) is 0 Å². The van der Waals surface area contributed by atoms with Crippen molar-refractivity contribution in [3.63, 3.8) is 0 Å². The highest BCUT2D eigenvalue weighted by atomic mass is 35.5. The van der Waals surface area contributed by atoms with Gasteiger partial charge < -0.3 is 10.7 Å². The molecule has 0 radical (unpaired) electrons. The van der Waals surface area contributed by atoms with Gasteiger partial charge in [0.25, 0.3) is 0 Å². The van der Waals surface area contributed by atoms with E-state index in [2.05, 4.69) is 53.2 Å². The summed E-state index contributed by atoms with van der Waals surface area (Å²) in [5.74, 6) is 1.73. The number of quaternary nitrogens is 1. The Balaban J connectivity index is 1.88. The number of rotatable bonds is 5. The Kier molecular flexibility index (Phi) is 5.48. The van der Waals surface area contributed by atoms with Crippen LogP contribution in [0.5, 0.6) is 0 Å². The predicted molar refractivity (Wildman–Crippen MR) is 109 cm³/mol. The molecule has 0 aliphatic carbocycles. The van der Waals surface area contributed by atoms with Crippen LogP contribution in [0.15, 0.2) is 48.9 Å². The van der Waals surface area contributed by atoms with E-state index in [0.29, 0.717) is 28.0 Å². The zero-order valence-corrected chi connectivity index (χ0v) is 16.2. The molecule has 138 valence electrons. The molecule has 3 aromatic rings. The Morgan fingerprint density at radius 2 is 1.78 bits per heavy atom. The molecule has 27 heavy (non-hydrogen) atoms. The molecule has 7 heteroatoms. The lowest BCUT2D eigenvalue weighted by molar-refractivity contribution is -0.487. The van der Waals surface area contributed by atoms with Crippen molar-refractivity contribution in [3.05, 3.63) is 65.1 Å². The van der Waals surface area contributed by atoms with Crippen LogP contribution in [0.1, 0.15) is 31.9 Å². The van der Waals surface area contributed by atoms with E-state index in [0.717, 1.165) is 5.69 Å². The van der Waals surface area contributed by atoms with Crippen molar-refractivity contribution in [2.45, 2.75) is 26.2 Å². The zero-order chi connectivity index (χ0) is 19.4. The van der Waals surface area contributed by atoms with Crippen LogP contribution in [-0.4, -0.2) is 21.2 Å². The van der Waals surface area contributed by atoms with E-state index in [9.17, 15) is 0 Å². The molecule has 0 saturated heterocycles. The van der Waals surface area contributed by atoms with Crippen molar-refractivity contribution in [2.75, 3.05) is 5.32 Å². The first-order valence-electron chi connectivity index (χ1n) is 8.57. The number of nitrogens with two attached hydrogens (primary N) is 1. The molecular formula is C20H22ClN6+. The van der Waals surface area contributed by atoms with Gasteiger partial charge in [0.2, 0.25) is 11.6 Å². The fraction of sp³-hybridized carbons (Fsp3) is 0.200. The third-order valence-corrected chi connectivity index (χ3v) is 4.45. The van der Waals surface area contributed by atoms with Crippen molar-refractivity contribution in [1.29, 1.82) is 5.41 Å². The Morgan fingerprint density at radius 3 is 2.41 bits per heavy atom. The third-order valence-electron chi connectivity index (χ3n) is 4.13. The lowest BCUT2D eigenvalue weighted by Crippen LogP contribution is -2.73. The predicted octanol–water partition coefficient (Wildman–Crippen LogP) is 4.09. The molecule has 0 fully saturated rings. The molecule has 0 bridgehead atoms. The maximum Gasteiger partial charge on any atom is 0.249 e. The van der Waals surface area contributed by atoms with E-state index >= 15 is 0 Å². The Labute approximate surface area is 163 Å². The first kappa shape index (κ1) is 18.9. The van der Waals surface area contributed by atoms with Crippen LogP contribution in [0.4, 0.5) is 23.1 Å². The number of nitrogens with zero attached hydrogens (tertiary/aromatic N) is 3. The minimum atomic E-state index is 0.0949. The van der Waals surface area contributed by atoms with Crippen molar-refractivity contribution < 1.29 is 5.32 Å². The third kappa shape index (κ3) is 4.48. The highest BCUT2D eigenvalue weighted by molar-refractivity contribution is 6.32. The van der Waals surface area contributed by atoms with Gasteiger partial charge in [-0.3, -0.25) is 0 Å². The number of nitrogens with one attached hydrogen (secondary N) is 2. The van der Waals surface area contributed by atoms with Crippen LogP contribution in [0.2, 0.25) is 5.02 Å². The standard InChI is InChI=1S/C20H21ClN6/c1-20(2,3)13-6-8-14(9-7-13)26-17-15(11-22)18(25-12-24-17)27-19-16(21)5-4-10-23-19/h4-12,22H,1-3H3,(H2,23,24,25,26,27)/p+1. The van der Waals surface area contributed by atoms with Gasteiger partial charge in [0.1, 0.15) is 22.7 Å². The minimum Gasteiger partial charge on any atom is -0.339 e. The largest absolute Gasteiger partial charge is 0.339 e. The van der Waals surface area contributed by atoms with Crippen LogP contribution in [0, 0.1) is 5.41 Å². The zero-order valence-electron chi connectivity index (χ0n) is 15.5. The number of pyridine rings is 1. The molecule has 3 rings (SSSR count). The monoisotopic (exact) mass is 381 g/mol. The summed E-state index contributed by atoms with van der Waals surface area (Å²) in [6, 6.07) is 11.7. The van der Waals surface area contributed by atoms with Gasteiger partial charge in [-0.1, -0.05) is 44.5 Å². The van der Waals surface area contributed by atoms with E-state index in [4.69, 9.17) is 17.0 Å². The maximum atomic E-state index is 7.81. The minimum absolute atomic E-state index is 0.0949. The second-order valence-electron chi connectivity index (χ2n) is 7.13. The highest BCUT2D eigenvalue weighted by Crippen LogP contribution is 2.26. The van der Waals surface area contributed by atoms with Gasteiger partial charge in [0.15, 0.2) is 0 Å². The molecule has 2 heterocycles. The normalized spacial score (nSPS) is 11.3. The maximum absolute atomic E-state index is 7.81. The van der Waals surface area contributed by atoms with Crippen molar-refractivity contribution in [1.82, 2.24) is 15.0 Å². The smallest absolute Gasteiger partial charge is 0.249 e. The van der Waals surface area contributed by atoms with Gasteiger partial charge in [-0.25, -0.2) is 15.3 Å². The average molecular weight is 382 g/mol. The molecule has 0 amide bonds. The fourth-order valence-electron chi connectivity index (χ4n) is 2.59. The Hall–Kier alpha value is -2.83. The Bertz CT molecular complexity index is 947. The second-order valence-corrected chi connectivity index (χ2v) is 7.54. The van der Waals surface area contributed by atoms with E-state index in [1.54, 1.807) is 23.6 Å². The van der Waals surface area contributed by atoms with Gasteiger partial charge in [-0.2, -0.15) is 4.98 Å². The summed E-state index contributed by atoms with van der Waals surface area (Å²) in [4.78, 5) is 12.8. The molecular weight excluding hydrogens is 360 g/mol. The number of aromatic nitrogens is 3. The summed E-state index contributed by atoms with van der Waals surface area (Å²) in [5.41, 5.74) is 2.81. The van der Waals surface area contributed by atoms with Gasteiger partial charge in [0, 0.05) is 18.1 Å². The number of halogens is 1. The summed E-state index contributed by atoms with van der Waals surface area (Å²) in [6.07, 6.45) is 4.36. The molecule has 0 aliphatic heterocycles. The van der Waals surface area contributed by atoms with Crippen molar-refractivity contribution in [2.24, 2.45) is 0 Å². The number of hydrogen-bond acceptors (Lipinski definition) is 5. The second kappa shape index (κ2) is 7.82. The van der Waals surface area contributed by atoms with Crippen LogP contribution < -0.4 is 10.6 Å². The van der Waals surface area contributed by atoms with E-state index in [1.807, 2.05) is 12.1 Å². The summed E-state index contributed by atoms with van der Waals surface area (Å²) in [6.45, 7) is 6.54. The lowest BCUT2D eigenvalue weighted by Gasteiger charge is -2.19. The van der Waals surface area contributed by atoms with Gasteiger partial charge in [-0.15, -0.1) is 0 Å². The van der Waals surface area contributed by atoms with Crippen LogP contribution in [0.3, 0.4) is 0 Å². The summed E-state index contributed by atoms with van der Waals surface area (Å²) < 4.78 is 0. The number of benzene rings is 1. The van der Waals surface area contributed by atoms with Crippen LogP contribution in [-0.2, 0) is 5.41 Å². The molecule has 0 aliphatic rings. The topological polar surface area (TPSA) is 91.2 Å². The quantitative estimate of drug-likeness (QED) is 0.580. The molecule has 0 atom stereocenters. The van der Waals surface area contributed by atoms with Gasteiger partial charge in [0.05, 0.1) is 0 Å². The van der Waals surface area contributed by atoms with Crippen LogP contribution >= 0.6 is 11.6 Å². The molecule has 4 N–H and O–H groups in total. The molecule has 1 aromatic carbocycles. The first-order chi connectivity index (χ1) is 12.9. The molecule has 0 spiro atoms. The number of hydrogen-bond donors (Lipinski definition) is 3. The number of anilines is 2. The Morgan fingerprint density at radius 1 is 1.04 bits per heavy atom. The summed E-state index contributed by atoms with van der Waals surface area (Å²) in [5, 5.41) is 13.4. The van der Waals surface area contributed by atoms with E-state index in [-0.39, 0.29) is 5.41 Å². The van der Waals surface area contributed by atoms with Crippen molar-refractivity contribution in [3.8, 4) is 0 Å². The summed E-state index contributed by atoms with van der Waals surface area (Å²) >= 11 is 6.18. The molecule has 2 aromatic heterocycles. The van der Waals surface area contributed by atoms with Gasteiger partial charge >= 0.3 is 0 Å². The highest BCUT2D eigenvalue weighted by Gasteiger charge is 2.17. The van der Waals surface area contributed by atoms with Gasteiger partial charge in [-0.05, 0) is 35.2 Å². The van der Waals surface area contributed by atoms with E-state index < -0.39 is 0 Å². The molecule has 0 saturated carbocycles. The average Bonchev–Trinajstić information content (AvgIpc) is 2.64. The summed E-state index contributed by atoms with van der Waals surface area (Å²) in [7, 11) is 0. The van der Waals surface area contributed by atoms with Crippen molar-refractivity contribution >= 4 is 41.0 Å². The fourth-order valence-corrected chi connectivity index (χ4v) is 2.77. The van der Waals surface area contributed by atoms with E-state index in [1.165, 1.54) is 18.1 Å². The molecule has 0 unspecified atom stereocenters. The SMILES string of the molecule is CC(C)(C)c1ccc(Nc2ncnc([NH2+]c3ncccc3Cl)c2C=N)cc1. The molecule has 6 nitrogen and oxygen atoms in total. The lowest BCUT2D eigenvalue weighted by atomic mass is 9.87. The first-order valence-corrected chi connectivity index (χ1v) is 8.94.